The molecule has 0 saturated carbocycles. The zero-order chi connectivity index (χ0) is 9.90. The summed E-state index contributed by atoms with van der Waals surface area (Å²) in [5.74, 6) is 0. The van der Waals surface area contributed by atoms with Crippen molar-refractivity contribution in [2.24, 2.45) is 0 Å². The molecular weight excluding hydrogens is 245 g/mol. The number of aryl methyl sites for hydroxylation is 1. The van der Waals surface area contributed by atoms with Gasteiger partial charge in [0.1, 0.15) is 0 Å². The van der Waals surface area contributed by atoms with Gasteiger partial charge in [-0.3, -0.25) is 0 Å². The van der Waals surface area contributed by atoms with Crippen LogP contribution in [0.25, 0.3) is 0 Å². The van der Waals surface area contributed by atoms with E-state index in [4.69, 9.17) is 33.7 Å². The molecule has 0 heterocycles. The Hall–Kier alpha value is 0.520. The van der Waals surface area contributed by atoms with E-state index >= 15 is 0 Å². The van der Waals surface area contributed by atoms with E-state index in [9.17, 15) is 0 Å². The van der Waals surface area contributed by atoms with Crippen LogP contribution in [0.3, 0.4) is 0 Å². The number of benzene rings is 1. The van der Waals surface area contributed by atoms with Crippen LogP contribution in [0.5, 0.6) is 0 Å². The predicted octanol–water partition coefficient (Wildman–Crippen LogP) is 4.96. The van der Waals surface area contributed by atoms with Crippen molar-refractivity contribution in [3.05, 3.63) is 35.4 Å². The van der Waals surface area contributed by atoms with Crippen LogP contribution >= 0.6 is 39.0 Å². The molecule has 0 bridgehead atoms. The summed E-state index contributed by atoms with van der Waals surface area (Å²) >= 11 is 17.4. The van der Waals surface area contributed by atoms with E-state index in [1.54, 1.807) is 0 Å². The molecule has 0 nitrogen and oxygen atoms in total. The van der Waals surface area contributed by atoms with E-state index in [-0.39, 0.29) is 0 Å². The van der Waals surface area contributed by atoms with Crippen LogP contribution in [0.4, 0.5) is 0 Å². The van der Waals surface area contributed by atoms with Gasteiger partial charge >= 0.3 is 93.9 Å². The van der Waals surface area contributed by atoms with Gasteiger partial charge in [-0.25, -0.2) is 0 Å². The quantitative estimate of drug-likeness (QED) is 0.671. The topological polar surface area (TPSA) is 0 Å². The van der Waals surface area contributed by atoms with Crippen molar-refractivity contribution in [1.82, 2.24) is 0 Å². The van der Waals surface area contributed by atoms with Gasteiger partial charge in [0.25, 0.3) is 0 Å². The summed E-state index contributed by atoms with van der Waals surface area (Å²) in [4.78, 5) is 0. The first-order valence-corrected chi connectivity index (χ1v) is 9.40. The van der Waals surface area contributed by atoms with Gasteiger partial charge < -0.3 is 0 Å². The van der Waals surface area contributed by atoms with Gasteiger partial charge in [0.15, 0.2) is 0 Å². The van der Waals surface area contributed by atoms with Gasteiger partial charge in [0.2, 0.25) is 0 Å². The fraction of sp³-hybridized carbons (Fsp3) is 0.333. The average Bonchev–Trinajstić information content (AvgIpc) is 2.03. The van der Waals surface area contributed by atoms with Crippen molar-refractivity contribution >= 4 is 39.0 Å². The van der Waals surface area contributed by atoms with Crippen LogP contribution in [-0.2, 0) is 12.6 Å². The van der Waals surface area contributed by atoms with Crippen LogP contribution in [0.2, 0.25) is 0 Å². The summed E-state index contributed by atoms with van der Waals surface area (Å²) < 4.78 is 0. The average molecular weight is 258 g/mol. The Kier molecular flexibility index (Phi) is 4.32. The van der Waals surface area contributed by atoms with Crippen LogP contribution in [0.1, 0.15) is 18.1 Å². The van der Waals surface area contributed by atoms with Crippen molar-refractivity contribution in [2.75, 3.05) is 0 Å². The van der Waals surface area contributed by atoms with Crippen LogP contribution in [-0.4, -0.2) is 0 Å². The van der Waals surface area contributed by atoms with Crippen molar-refractivity contribution in [1.29, 1.82) is 0 Å². The van der Waals surface area contributed by atoms with E-state index in [1.807, 2.05) is 12.1 Å². The molecule has 0 unspecified atom stereocenters. The Balaban J connectivity index is 2.70. The molecule has 0 aliphatic heterocycles. The number of rotatable bonds is 3. The molecule has 0 radical (unpaired) electrons. The molecule has 13 heavy (non-hydrogen) atoms. The first-order valence-electron chi connectivity index (χ1n) is 4.16. The molecule has 0 saturated heterocycles. The summed E-state index contributed by atoms with van der Waals surface area (Å²) in [6.45, 7) is 2.12. The Morgan fingerprint density at radius 1 is 1.00 bits per heavy atom. The van der Waals surface area contributed by atoms with Crippen LogP contribution in [0.15, 0.2) is 24.3 Å². The molecule has 4 heteroatoms. The van der Waals surface area contributed by atoms with E-state index < -0.39 is 5.32 Å². The van der Waals surface area contributed by atoms with Gasteiger partial charge in [0, 0.05) is 0 Å². The van der Waals surface area contributed by atoms with Crippen molar-refractivity contribution in [3.63, 3.8) is 0 Å². The second-order valence-electron chi connectivity index (χ2n) is 2.96. The standard InChI is InChI=1S/C9H12Cl3P/c1-2-8-3-5-9(6-4-8)7-13(10,11)12/h3-6,13H,2,7H2,1H3. The van der Waals surface area contributed by atoms with Crippen molar-refractivity contribution in [3.8, 4) is 0 Å². The second kappa shape index (κ2) is 4.84. The second-order valence-corrected chi connectivity index (χ2v) is 12.1. The SMILES string of the molecule is CCc1ccc(C[PH](Cl)(Cl)Cl)cc1. The van der Waals surface area contributed by atoms with Gasteiger partial charge in [-0.05, 0) is 0 Å². The first-order chi connectivity index (χ1) is 6.01. The maximum atomic E-state index is 5.81. The molecule has 0 spiro atoms. The molecule has 0 atom stereocenters. The number of hydrogen-bond donors (Lipinski definition) is 0. The summed E-state index contributed by atoms with van der Waals surface area (Å²) in [6.07, 6.45) is 1.65. The third kappa shape index (κ3) is 4.51. The normalized spacial score (nSPS) is 12.9. The van der Waals surface area contributed by atoms with E-state index in [2.05, 4.69) is 19.1 Å². The van der Waals surface area contributed by atoms with Crippen LogP contribution < -0.4 is 0 Å². The Morgan fingerprint density at radius 2 is 1.46 bits per heavy atom. The third-order valence-corrected chi connectivity index (χ3v) is 3.85. The van der Waals surface area contributed by atoms with Gasteiger partial charge in [0.05, 0.1) is 0 Å². The number of halogens is 3. The van der Waals surface area contributed by atoms with E-state index in [0.717, 1.165) is 12.0 Å². The molecule has 74 valence electrons. The molecule has 0 aliphatic rings. The molecule has 0 N–H and O–H groups in total. The Morgan fingerprint density at radius 3 is 1.85 bits per heavy atom. The van der Waals surface area contributed by atoms with Gasteiger partial charge in [-0.15, -0.1) is 0 Å². The third-order valence-electron chi connectivity index (χ3n) is 1.84. The van der Waals surface area contributed by atoms with E-state index in [1.165, 1.54) is 5.56 Å². The summed E-state index contributed by atoms with van der Waals surface area (Å²) in [7, 11) is 0. The fourth-order valence-electron chi connectivity index (χ4n) is 1.12. The first kappa shape index (κ1) is 11.6. The Labute approximate surface area is 93.9 Å². The maximum absolute atomic E-state index is 5.81. The fourth-order valence-corrected chi connectivity index (χ4v) is 3.21. The van der Waals surface area contributed by atoms with Gasteiger partial charge in [-0.1, -0.05) is 0 Å². The molecule has 0 aliphatic carbocycles. The van der Waals surface area contributed by atoms with Gasteiger partial charge in [-0.2, -0.15) is 0 Å². The Bertz CT molecular complexity index is 263. The molecule has 1 aromatic carbocycles. The molecule has 1 rings (SSSR count). The van der Waals surface area contributed by atoms with E-state index in [0.29, 0.717) is 6.16 Å². The molecule has 0 amide bonds. The molecule has 0 aromatic heterocycles. The summed E-state index contributed by atoms with van der Waals surface area (Å²) in [6, 6.07) is 8.24. The molecular formula is C9H12Cl3P. The zero-order valence-corrected chi connectivity index (χ0v) is 10.6. The summed E-state index contributed by atoms with van der Waals surface area (Å²) in [5.41, 5.74) is 2.43. The van der Waals surface area contributed by atoms with Crippen LogP contribution in [0, 0.1) is 0 Å². The predicted molar refractivity (Wildman–Crippen MR) is 65.4 cm³/mol. The molecule has 0 fully saturated rings. The minimum absolute atomic E-state index is 0.599. The zero-order valence-electron chi connectivity index (χ0n) is 7.36. The monoisotopic (exact) mass is 256 g/mol. The molecule has 1 aromatic rings. The van der Waals surface area contributed by atoms with Crippen molar-refractivity contribution < 1.29 is 0 Å². The van der Waals surface area contributed by atoms with Crippen molar-refractivity contribution in [2.45, 2.75) is 19.5 Å². The minimum atomic E-state index is -2.51. The number of hydrogen-bond acceptors (Lipinski definition) is 0. The summed E-state index contributed by atoms with van der Waals surface area (Å²) in [5, 5.41) is -2.51.